The van der Waals surface area contributed by atoms with E-state index in [0.717, 1.165) is 6.07 Å². The van der Waals surface area contributed by atoms with Crippen molar-refractivity contribution in [2.45, 2.75) is 13.1 Å². The van der Waals surface area contributed by atoms with Gasteiger partial charge in [-0.05, 0) is 6.92 Å². The Hall–Kier alpha value is -1.22. The number of nitrogens with zero attached hydrogens (tertiary/aromatic N) is 1. The number of nitriles is 1. The van der Waals surface area contributed by atoms with E-state index in [4.69, 9.17) is 16.9 Å². The summed E-state index contributed by atoms with van der Waals surface area (Å²) in [6, 6.07) is 1.05. The van der Waals surface area contributed by atoms with E-state index < -0.39 is 22.8 Å². The van der Waals surface area contributed by atoms with Crippen LogP contribution >= 0.6 is 11.6 Å². The fraction of sp³-hybridized carbons (Fsp3) is 0.429. The van der Waals surface area contributed by atoms with Gasteiger partial charge in [-0.15, -0.1) is 0 Å². The lowest BCUT2D eigenvalue weighted by Gasteiger charge is -2.06. The van der Waals surface area contributed by atoms with Crippen LogP contribution in [0.5, 0.6) is 0 Å². The zero-order valence-corrected chi connectivity index (χ0v) is 7.74. The smallest absolute Gasteiger partial charge is 0.428 e. The van der Waals surface area contributed by atoms with Crippen molar-refractivity contribution in [2.75, 3.05) is 6.61 Å². The first-order chi connectivity index (χ1) is 6.34. The fourth-order valence-corrected chi connectivity index (χ4v) is 0.649. The van der Waals surface area contributed by atoms with Gasteiger partial charge in [0.2, 0.25) is 0 Å². The molecule has 0 radical (unpaired) electrons. The van der Waals surface area contributed by atoms with E-state index in [0.29, 0.717) is 0 Å². The van der Waals surface area contributed by atoms with Gasteiger partial charge in [-0.1, -0.05) is 11.6 Å². The monoisotopic (exact) mass is 227 g/mol. The van der Waals surface area contributed by atoms with Crippen molar-refractivity contribution in [2.24, 2.45) is 0 Å². The van der Waals surface area contributed by atoms with E-state index >= 15 is 0 Å². The van der Waals surface area contributed by atoms with E-state index in [1.165, 1.54) is 6.92 Å². The first-order valence-electron chi connectivity index (χ1n) is 3.38. The molecule has 0 rings (SSSR count). The Morgan fingerprint density at radius 1 is 1.57 bits per heavy atom. The summed E-state index contributed by atoms with van der Waals surface area (Å²) < 4.78 is 40.0. The van der Waals surface area contributed by atoms with E-state index in [1.807, 2.05) is 0 Å². The van der Waals surface area contributed by atoms with Crippen LogP contribution in [0.1, 0.15) is 6.92 Å². The third kappa shape index (κ3) is 3.26. The zero-order chi connectivity index (χ0) is 11.4. The summed E-state index contributed by atoms with van der Waals surface area (Å²) in [6.07, 6.45) is -4.92. The van der Waals surface area contributed by atoms with Gasteiger partial charge in [0.25, 0.3) is 0 Å². The van der Waals surface area contributed by atoms with Gasteiger partial charge in [0.1, 0.15) is 11.1 Å². The molecule has 0 saturated carbocycles. The number of allylic oxidation sites excluding steroid dienone is 1. The number of alkyl halides is 3. The molecule has 3 nitrogen and oxygen atoms in total. The maximum absolute atomic E-state index is 11.9. The lowest BCUT2D eigenvalue weighted by molar-refractivity contribution is -0.139. The second kappa shape index (κ2) is 4.86. The maximum atomic E-state index is 11.9. The van der Waals surface area contributed by atoms with Gasteiger partial charge in [-0.25, -0.2) is 4.79 Å². The molecule has 0 atom stereocenters. The first-order valence-corrected chi connectivity index (χ1v) is 3.76. The molecule has 0 fully saturated rings. The summed E-state index contributed by atoms with van der Waals surface area (Å²) in [5, 5.41) is 6.50. The Balaban J connectivity index is 5.08. The van der Waals surface area contributed by atoms with Crippen molar-refractivity contribution in [3.8, 4) is 6.07 Å². The van der Waals surface area contributed by atoms with Crippen LogP contribution in [0.3, 0.4) is 0 Å². The molecule has 0 heterocycles. The van der Waals surface area contributed by atoms with Gasteiger partial charge in [0, 0.05) is 0 Å². The molecule has 0 aromatic heterocycles. The predicted octanol–water partition coefficient (Wildman–Crippen LogP) is 2.13. The van der Waals surface area contributed by atoms with Crippen LogP contribution in [-0.4, -0.2) is 18.8 Å². The molecule has 14 heavy (non-hydrogen) atoms. The zero-order valence-electron chi connectivity index (χ0n) is 6.98. The Morgan fingerprint density at radius 2 is 2.07 bits per heavy atom. The highest BCUT2D eigenvalue weighted by Gasteiger charge is 2.37. The highest BCUT2D eigenvalue weighted by atomic mass is 35.5. The van der Waals surface area contributed by atoms with Gasteiger partial charge in [-0.2, -0.15) is 18.4 Å². The van der Waals surface area contributed by atoms with Gasteiger partial charge < -0.3 is 4.74 Å². The molecule has 0 aliphatic rings. The number of hydrogen-bond acceptors (Lipinski definition) is 3. The number of hydrogen-bond donors (Lipinski definition) is 0. The number of esters is 1. The lowest BCUT2D eigenvalue weighted by Crippen LogP contribution is -2.15. The normalized spacial score (nSPS) is 12.9. The molecule has 0 aromatic rings. The minimum absolute atomic E-state index is 0.133. The van der Waals surface area contributed by atoms with Crippen molar-refractivity contribution in [3.63, 3.8) is 0 Å². The summed E-state index contributed by atoms with van der Waals surface area (Å²) in [6.45, 7) is 1.26. The summed E-state index contributed by atoms with van der Waals surface area (Å²) in [5.74, 6) is -1.38. The van der Waals surface area contributed by atoms with Crippen molar-refractivity contribution >= 4 is 17.6 Å². The van der Waals surface area contributed by atoms with E-state index in [2.05, 4.69) is 4.74 Å². The molecule has 7 heteroatoms. The van der Waals surface area contributed by atoms with E-state index in [-0.39, 0.29) is 6.61 Å². The molecule has 0 N–H and O–H groups in total. The predicted molar refractivity (Wildman–Crippen MR) is 41.2 cm³/mol. The second-order valence-electron chi connectivity index (χ2n) is 2.02. The average Bonchev–Trinajstić information content (AvgIpc) is 2.04. The highest BCUT2D eigenvalue weighted by Crippen LogP contribution is 2.31. The number of halogens is 4. The minimum Gasteiger partial charge on any atom is -0.462 e. The van der Waals surface area contributed by atoms with Crippen molar-refractivity contribution in [3.05, 3.63) is 10.6 Å². The van der Waals surface area contributed by atoms with Gasteiger partial charge >= 0.3 is 12.1 Å². The standard InChI is InChI=1S/C7H5ClF3NO2/c1-2-14-6(13)4(3-12)5(8)7(9,10)11/h2H2,1H3. The third-order valence-corrected chi connectivity index (χ3v) is 1.46. The molecule has 0 amide bonds. The Bertz CT molecular complexity index is 303. The molecule has 0 spiro atoms. The van der Waals surface area contributed by atoms with E-state index in [1.54, 1.807) is 0 Å². The number of carbonyl (C=O) groups is 1. The molecule has 78 valence electrons. The maximum Gasteiger partial charge on any atom is 0.428 e. The fourth-order valence-electron chi connectivity index (χ4n) is 0.529. The van der Waals surface area contributed by atoms with Crippen LogP contribution in [0.25, 0.3) is 0 Å². The quantitative estimate of drug-likeness (QED) is 0.413. The second-order valence-corrected chi connectivity index (χ2v) is 2.40. The summed E-state index contributed by atoms with van der Waals surface area (Å²) in [5.41, 5.74) is -1.24. The summed E-state index contributed by atoms with van der Waals surface area (Å²) in [7, 11) is 0. The average molecular weight is 228 g/mol. The largest absolute Gasteiger partial charge is 0.462 e. The van der Waals surface area contributed by atoms with Crippen molar-refractivity contribution < 1.29 is 22.7 Å². The van der Waals surface area contributed by atoms with Gasteiger partial charge in [0.05, 0.1) is 6.61 Å². The summed E-state index contributed by atoms with van der Waals surface area (Å²) in [4.78, 5) is 10.8. The number of rotatable bonds is 2. The van der Waals surface area contributed by atoms with Crippen molar-refractivity contribution in [1.29, 1.82) is 5.26 Å². The molecule has 0 unspecified atom stereocenters. The lowest BCUT2D eigenvalue weighted by atomic mass is 10.2. The molecule has 0 aliphatic carbocycles. The third-order valence-electron chi connectivity index (χ3n) is 1.06. The first kappa shape index (κ1) is 12.8. The van der Waals surface area contributed by atoms with Crippen LogP contribution < -0.4 is 0 Å². The minimum atomic E-state index is -4.92. The van der Waals surface area contributed by atoms with Gasteiger partial charge in [-0.3, -0.25) is 0 Å². The summed E-state index contributed by atoms with van der Waals surface area (Å²) >= 11 is 4.78. The Kier molecular flexibility index (Phi) is 4.44. The molecule has 0 aliphatic heterocycles. The Morgan fingerprint density at radius 3 is 2.36 bits per heavy atom. The van der Waals surface area contributed by atoms with Crippen LogP contribution in [0.2, 0.25) is 0 Å². The molecular weight excluding hydrogens is 223 g/mol. The number of ether oxygens (including phenoxy) is 1. The van der Waals surface area contributed by atoms with Crippen LogP contribution in [0.15, 0.2) is 10.6 Å². The SMILES string of the molecule is CCOC(=O)C(C#N)=C(Cl)C(F)(F)F. The number of carbonyl (C=O) groups excluding carboxylic acids is 1. The Labute approximate surface area is 82.7 Å². The van der Waals surface area contributed by atoms with Crippen LogP contribution in [-0.2, 0) is 9.53 Å². The van der Waals surface area contributed by atoms with Gasteiger partial charge in [0.15, 0.2) is 5.57 Å². The molecular formula is C7H5ClF3NO2. The molecule has 0 saturated heterocycles. The molecule has 0 aromatic carbocycles. The van der Waals surface area contributed by atoms with Crippen LogP contribution in [0.4, 0.5) is 13.2 Å². The molecule has 0 bridgehead atoms. The topological polar surface area (TPSA) is 50.1 Å². The van der Waals surface area contributed by atoms with E-state index in [9.17, 15) is 18.0 Å². The van der Waals surface area contributed by atoms with Crippen molar-refractivity contribution in [1.82, 2.24) is 0 Å². The van der Waals surface area contributed by atoms with Crippen LogP contribution in [0, 0.1) is 11.3 Å². The highest BCUT2D eigenvalue weighted by molar-refractivity contribution is 6.33.